The minimum absolute atomic E-state index is 0.223. The van der Waals surface area contributed by atoms with Crippen LogP contribution in [0.2, 0.25) is 0 Å². The van der Waals surface area contributed by atoms with Crippen molar-refractivity contribution in [1.29, 1.82) is 0 Å². The highest BCUT2D eigenvalue weighted by atomic mass is 14.2. The summed E-state index contributed by atoms with van der Waals surface area (Å²) < 4.78 is 0. The molecule has 0 radical (unpaired) electrons. The molecule has 0 fully saturated rings. The molecule has 0 saturated carbocycles. The predicted molar refractivity (Wildman–Crippen MR) is 83.9 cm³/mol. The number of benzene rings is 2. The normalized spacial score (nSPS) is 11.6. The Morgan fingerprint density at radius 2 is 1.37 bits per heavy atom. The van der Waals surface area contributed by atoms with Crippen molar-refractivity contribution in [3.63, 3.8) is 0 Å². The lowest BCUT2D eigenvalue weighted by Gasteiger charge is -2.22. The monoisotopic (exact) mass is 252 g/mol. The maximum Gasteiger partial charge on any atom is -0.00205 e. The first kappa shape index (κ1) is 13.9. The quantitative estimate of drug-likeness (QED) is 0.690. The van der Waals surface area contributed by atoms with Crippen molar-refractivity contribution in [2.24, 2.45) is 0 Å². The fourth-order valence-electron chi connectivity index (χ4n) is 2.51. The van der Waals surface area contributed by atoms with E-state index < -0.39 is 0 Å². The van der Waals surface area contributed by atoms with Gasteiger partial charge < -0.3 is 0 Å². The Kier molecular flexibility index (Phi) is 3.80. The van der Waals surface area contributed by atoms with E-state index in [9.17, 15) is 0 Å². The van der Waals surface area contributed by atoms with Gasteiger partial charge in [-0.05, 0) is 53.5 Å². The van der Waals surface area contributed by atoms with Crippen LogP contribution in [0.25, 0.3) is 0 Å². The first-order valence-electron chi connectivity index (χ1n) is 7.02. The standard InChI is InChI=1S/C19H24/c1-14-11-17(19(3,4)5)12-15(2)18(14)13-16-9-7-6-8-10-16/h6-12H,13H2,1-5H3. The average Bonchev–Trinajstić information content (AvgIpc) is 2.33. The van der Waals surface area contributed by atoms with Crippen LogP contribution in [0.4, 0.5) is 0 Å². The van der Waals surface area contributed by atoms with Crippen LogP contribution < -0.4 is 0 Å². The van der Waals surface area contributed by atoms with E-state index in [2.05, 4.69) is 77.1 Å². The highest BCUT2D eigenvalue weighted by molar-refractivity contribution is 5.42. The first-order chi connectivity index (χ1) is 8.88. The molecule has 0 spiro atoms. The fourth-order valence-corrected chi connectivity index (χ4v) is 2.51. The van der Waals surface area contributed by atoms with E-state index in [0.717, 1.165) is 6.42 Å². The first-order valence-corrected chi connectivity index (χ1v) is 7.02. The highest BCUT2D eigenvalue weighted by Gasteiger charge is 2.16. The maximum atomic E-state index is 2.35. The zero-order chi connectivity index (χ0) is 14.0. The van der Waals surface area contributed by atoms with Gasteiger partial charge in [0.25, 0.3) is 0 Å². The SMILES string of the molecule is Cc1cc(C(C)(C)C)cc(C)c1Cc1ccccc1. The summed E-state index contributed by atoms with van der Waals surface area (Å²) in [5.74, 6) is 0. The van der Waals surface area contributed by atoms with Gasteiger partial charge in [0.2, 0.25) is 0 Å². The number of rotatable bonds is 2. The smallest absolute Gasteiger partial charge is 0.00205 e. The second kappa shape index (κ2) is 5.21. The second-order valence-corrected chi connectivity index (χ2v) is 6.50. The van der Waals surface area contributed by atoms with Crippen LogP contribution in [0.1, 0.15) is 48.6 Å². The zero-order valence-electron chi connectivity index (χ0n) is 12.7. The van der Waals surface area contributed by atoms with E-state index in [4.69, 9.17) is 0 Å². The third-order valence-electron chi connectivity index (χ3n) is 3.79. The third-order valence-corrected chi connectivity index (χ3v) is 3.79. The molecule has 0 saturated heterocycles. The van der Waals surface area contributed by atoms with E-state index in [1.165, 1.54) is 27.8 Å². The molecule has 0 amide bonds. The number of hydrogen-bond acceptors (Lipinski definition) is 0. The molecule has 2 aromatic carbocycles. The molecule has 0 N–H and O–H groups in total. The molecule has 0 aromatic heterocycles. The molecule has 0 aliphatic rings. The fraction of sp³-hybridized carbons (Fsp3) is 0.368. The number of hydrogen-bond donors (Lipinski definition) is 0. The Labute approximate surface area is 117 Å². The van der Waals surface area contributed by atoms with E-state index in [0.29, 0.717) is 0 Å². The summed E-state index contributed by atoms with van der Waals surface area (Å²) in [5, 5.41) is 0. The second-order valence-electron chi connectivity index (χ2n) is 6.50. The van der Waals surface area contributed by atoms with Crippen molar-refractivity contribution < 1.29 is 0 Å². The Bertz CT molecular complexity index is 533. The molecule has 0 atom stereocenters. The Balaban J connectivity index is 2.38. The lowest BCUT2D eigenvalue weighted by Crippen LogP contribution is -2.12. The molecule has 0 nitrogen and oxygen atoms in total. The van der Waals surface area contributed by atoms with Gasteiger partial charge in [0.05, 0.1) is 0 Å². The minimum atomic E-state index is 0.223. The lowest BCUT2D eigenvalue weighted by atomic mass is 9.83. The van der Waals surface area contributed by atoms with Gasteiger partial charge in [-0.3, -0.25) is 0 Å². The van der Waals surface area contributed by atoms with Crippen molar-refractivity contribution in [2.75, 3.05) is 0 Å². The summed E-state index contributed by atoms with van der Waals surface area (Å²) in [7, 11) is 0. The summed E-state index contributed by atoms with van der Waals surface area (Å²) in [6.45, 7) is 11.3. The Morgan fingerprint density at radius 3 is 1.84 bits per heavy atom. The van der Waals surface area contributed by atoms with Crippen LogP contribution in [0, 0.1) is 13.8 Å². The summed E-state index contributed by atoms with van der Waals surface area (Å²) in [4.78, 5) is 0. The molecular formula is C19H24. The topological polar surface area (TPSA) is 0 Å². The van der Waals surface area contributed by atoms with Gasteiger partial charge in [0.15, 0.2) is 0 Å². The Morgan fingerprint density at radius 1 is 0.842 bits per heavy atom. The van der Waals surface area contributed by atoms with Crippen LogP contribution >= 0.6 is 0 Å². The predicted octanol–water partition coefficient (Wildman–Crippen LogP) is 5.19. The molecule has 0 bridgehead atoms. The van der Waals surface area contributed by atoms with E-state index >= 15 is 0 Å². The maximum absolute atomic E-state index is 2.35. The van der Waals surface area contributed by atoms with Crippen molar-refractivity contribution in [2.45, 2.75) is 46.5 Å². The minimum Gasteiger partial charge on any atom is -0.0622 e. The molecule has 2 rings (SSSR count). The largest absolute Gasteiger partial charge is 0.0622 e. The van der Waals surface area contributed by atoms with Gasteiger partial charge in [-0.1, -0.05) is 63.2 Å². The molecule has 2 aromatic rings. The molecule has 19 heavy (non-hydrogen) atoms. The highest BCUT2D eigenvalue weighted by Crippen LogP contribution is 2.28. The van der Waals surface area contributed by atoms with Gasteiger partial charge in [-0.2, -0.15) is 0 Å². The van der Waals surface area contributed by atoms with Crippen LogP contribution in [0.15, 0.2) is 42.5 Å². The summed E-state index contributed by atoms with van der Waals surface area (Å²) in [6, 6.07) is 15.4. The average molecular weight is 252 g/mol. The Hall–Kier alpha value is -1.56. The van der Waals surface area contributed by atoms with Crippen molar-refractivity contribution in [3.05, 3.63) is 70.3 Å². The van der Waals surface area contributed by atoms with Gasteiger partial charge in [0.1, 0.15) is 0 Å². The van der Waals surface area contributed by atoms with Crippen LogP contribution in [-0.4, -0.2) is 0 Å². The van der Waals surface area contributed by atoms with E-state index in [1.807, 2.05) is 0 Å². The van der Waals surface area contributed by atoms with Gasteiger partial charge >= 0.3 is 0 Å². The molecule has 0 heteroatoms. The molecular weight excluding hydrogens is 228 g/mol. The van der Waals surface area contributed by atoms with Crippen LogP contribution in [-0.2, 0) is 11.8 Å². The summed E-state index contributed by atoms with van der Waals surface area (Å²) in [5.41, 5.74) is 7.33. The molecule has 0 heterocycles. The van der Waals surface area contributed by atoms with Crippen molar-refractivity contribution >= 4 is 0 Å². The van der Waals surface area contributed by atoms with Crippen LogP contribution in [0.3, 0.4) is 0 Å². The van der Waals surface area contributed by atoms with Crippen LogP contribution in [0.5, 0.6) is 0 Å². The van der Waals surface area contributed by atoms with Gasteiger partial charge in [0, 0.05) is 0 Å². The summed E-state index contributed by atoms with van der Waals surface area (Å²) >= 11 is 0. The lowest BCUT2D eigenvalue weighted by molar-refractivity contribution is 0.589. The van der Waals surface area contributed by atoms with Gasteiger partial charge in [-0.25, -0.2) is 0 Å². The molecule has 100 valence electrons. The molecule has 0 aliphatic heterocycles. The molecule has 0 unspecified atom stereocenters. The molecule has 0 aliphatic carbocycles. The van der Waals surface area contributed by atoms with E-state index in [1.54, 1.807) is 0 Å². The summed E-state index contributed by atoms with van der Waals surface area (Å²) in [6.07, 6.45) is 1.03. The van der Waals surface area contributed by atoms with Crippen molar-refractivity contribution in [3.8, 4) is 0 Å². The van der Waals surface area contributed by atoms with E-state index in [-0.39, 0.29) is 5.41 Å². The van der Waals surface area contributed by atoms with Crippen molar-refractivity contribution in [1.82, 2.24) is 0 Å². The zero-order valence-corrected chi connectivity index (χ0v) is 12.7. The third kappa shape index (κ3) is 3.26. The number of aryl methyl sites for hydroxylation is 2. The van der Waals surface area contributed by atoms with Gasteiger partial charge in [-0.15, -0.1) is 0 Å².